The Morgan fingerprint density at radius 2 is 2.00 bits per heavy atom. The zero-order valence-corrected chi connectivity index (χ0v) is 11.9. The fourth-order valence-electron chi connectivity index (χ4n) is 2.51. The van der Waals surface area contributed by atoms with Crippen molar-refractivity contribution in [2.75, 3.05) is 11.4 Å². The number of amides is 1. The van der Waals surface area contributed by atoms with Crippen LogP contribution >= 0.6 is 0 Å². The van der Waals surface area contributed by atoms with Crippen LogP contribution in [0.3, 0.4) is 0 Å². The monoisotopic (exact) mass is 293 g/mol. The highest BCUT2D eigenvalue weighted by molar-refractivity contribution is 6.01. The van der Waals surface area contributed by atoms with Crippen LogP contribution in [-0.2, 0) is 11.3 Å². The van der Waals surface area contributed by atoms with Crippen molar-refractivity contribution in [2.24, 2.45) is 5.73 Å². The highest BCUT2D eigenvalue weighted by Crippen LogP contribution is 2.39. The predicted molar refractivity (Wildman–Crippen MR) is 82.1 cm³/mol. The summed E-state index contributed by atoms with van der Waals surface area (Å²) >= 11 is 0. The van der Waals surface area contributed by atoms with Crippen molar-refractivity contribution < 1.29 is 9.53 Å². The third-order valence-electron chi connectivity index (χ3n) is 3.62. The minimum atomic E-state index is -0.731. The van der Waals surface area contributed by atoms with Crippen molar-refractivity contribution in [3.8, 4) is 11.8 Å². The lowest BCUT2D eigenvalue weighted by Gasteiger charge is -2.33. The van der Waals surface area contributed by atoms with Gasteiger partial charge in [-0.1, -0.05) is 36.4 Å². The smallest absolute Gasteiger partial charge is 0.273 e. The molecule has 1 amide bonds. The molecule has 1 aliphatic heterocycles. The maximum atomic E-state index is 12.7. The van der Waals surface area contributed by atoms with Gasteiger partial charge in [0.15, 0.2) is 0 Å². The molecule has 1 atom stereocenters. The molecule has 0 bridgehead atoms. The molecule has 110 valence electrons. The number of fused-ring (bicyclic) bond motifs is 1. The molecule has 1 heterocycles. The lowest BCUT2D eigenvalue weighted by atomic mass is 10.0. The third-order valence-corrected chi connectivity index (χ3v) is 3.62. The van der Waals surface area contributed by atoms with Crippen molar-refractivity contribution in [3.63, 3.8) is 0 Å². The fourth-order valence-corrected chi connectivity index (χ4v) is 2.51. The van der Waals surface area contributed by atoms with Crippen LogP contribution in [0.1, 0.15) is 17.2 Å². The lowest BCUT2D eigenvalue weighted by Crippen LogP contribution is -2.41. The van der Waals surface area contributed by atoms with Crippen LogP contribution in [0.2, 0.25) is 0 Å². The summed E-state index contributed by atoms with van der Waals surface area (Å²) < 4.78 is 5.86. The second-order valence-electron chi connectivity index (χ2n) is 5.00. The van der Waals surface area contributed by atoms with E-state index in [0.717, 1.165) is 11.1 Å². The first-order chi connectivity index (χ1) is 10.7. The van der Waals surface area contributed by atoms with E-state index >= 15 is 0 Å². The highest BCUT2D eigenvalue weighted by atomic mass is 16.5. The minimum Gasteiger partial charge on any atom is -0.474 e. The Morgan fingerprint density at radius 3 is 2.68 bits per heavy atom. The SMILES string of the molecule is N#CCN1C(=O)C(c2ccccc2)Oc2ccc(CN)cc21. The summed E-state index contributed by atoms with van der Waals surface area (Å²) in [5.74, 6) is 0.343. The largest absolute Gasteiger partial charge is 0.474 e. The van der Waals surface area contributed by atoms with E-state index in [-0.39, 0.29) is 12.5 Å². The lowest BCUT2D eigenvalue weighted by molar-refractivity contribution is -0.126. The van der Waals surface area contributed by atoms with E-state index in [9.17, 15) is 4.79 Å². The van der Waals surface area contributed by atoms with Gasteiger partial charge in [-0.15, -0.1) is 0 Å². The number of rotatable bonds is 3. The zero-order chi connectivity index (χ0) is 15.5. The van der Waals surface area contributed by atoms with E-state index in [0.29, 0.717) is 18.0 Å². The molecule has 5 heteroatoms. The van der Waals surface area contributed by atoms with Crippen LogP contribution < -0.4 is 15.4 Å². The number of hydrogen-bond donors (Lipinski definition) is 1. The Kier molecular flexibility index (Phi) is 3.77. The summed E-state index contributed by atoms with van der Waals surface area (Å²) in [5, 5.41) is 9.04. The van der Waals surface area contributed by atoms with Gasteiger partial charge in [0.2, 0.25) is 6.10 Å². The van der Waals surface area contributed by atoms with Gasteiger partial charge in [-0.25, -0.2) is 0 Å². The van der Waals surface area contributed by atoms with Crippen molar-refractivity contribution in [2.45, 2.75) is 12.6 Å². The molecule has 0 aromatic heterocycles. The maximum absolute atomic E-state index is 12.7. The van der Waals surface area contributed by atoms with E-state index in [1.807, 2.05) is 42.5 Å². The number of hydrogen-bond acceptors (Lipinski definition) is 4. The molecule has 0 saturated heterocycles. The quantitative estimate of drug-likeness (QED) is 0.879. The molecule has 0 saturated carbocycles. The number of nitrogens with two attached hydrogens (primary N) is 1. The Bertz CT molecular complexity index is 737. The molecule has 2 N–H and O–H groups in total. The summed E-state index contributed by atoms with van der Waals surface area (Å²) in [4.78, 5) is 14.2. The number of nitrogens with zero attached hydrogens (tertiary/aromatic N) is 2. The van der Waals surface area contributed by atoms with Gasteiger partial charge in [0, 0.05) is 12.1 Å². The van der Waals surface area contributed by atoms with Gasteiger partial charge in [0.25, 0.3) is 5.91 Å². The van der Waals surface area contributed by atoms with Crippen LogP contribution in [-0.4, -0.2) is 12.5 Å². The summed E-state index contributed by atoms with van der Waals surface area (Å²) in [7, 11) is 0. The van der Waals surface area contributed by atoms with E-state index in [1.54, 1.807) is 12.1 Å². The second kappa shape index (κ2) is 5.88. The molecule has 0 aliphatic carbocycles. The number of carbonyl (C=O) groups excluding carboxylic acids is 1. The fraction of sp³-hybridized carbons (Fsp3) is 0.176. The van der Waals surface area contributed by atoms with Gasteiger partial charge >= 0.3 is 0 Å². The Hall–Kier alpha value is -2.84. The van der Waals surface area contributed by atoms with Crippen LogP contribution in [0, 0.1) is 11.3 Å². The molecule has 1 unspecified atom stereocenters. The molecule has 0 spiro atoms. The third kappa shape index (κ3) is 2.41. The van der Waals surface area contributed by atoms with Gasteiger partial charge in [0.05, 0.1) is 11.8 Å². The molecule has 2 aromatic carbocycles. The second-order valence-corrected chi connectivity index (χ2v) is 5.00. The normalized spacial score (nSPS) is 16.6. The Balaban J connectivity index is 2.06. The number of carbonyl (C=O) groups is 1. The van der Waals surface area contributed by atoms with Crippen LogP contribution in [0.5, 0.6) is 5.75 Å². The number of benzene rings is 2. The van der Waals surface area contributed by atoms with Crippen LogP contribution in [0.15, 0.2) is 48.5 Å². The summed E-state index contributed by atoms with van der Waals surface area (Å²) in [6.45, 7) is 0.344. The van der Waals surface area contributed by atoms with Gasteiger partial charge in [-0.3, -0.25) is 9.69 Å². The zero-order valence-electron chi connectivity index (χ0n) is 11.9. The first kappa shape index (κ1) is 14.1. The first-order valence-corrected chi connectivity index (χ1v) is 6.97. The highest BCUT2D eigenvalue weighted by Gasteiger charge is 2.35. The number of anilines is 1. The molecular weight excluding hydrogens is 278 g/mol. The molecule has 2 aromatic rings. The van der Waals surface area contributed by atoms with E-state index in [4.69, 9.17) is 15.7 Å². The predicted octanol–water partition coefficient (Wildman–Crippen LogP) is 2.14. The molecule has 0 radical (unpaired) electrons. The Morgan fingerprint density at radius 1 is 1.23 bits per heavy atom. The van der Waals surface area contributed by atoms with Gasteiger partial charge < -0.3 is 10.5 Å². The topological polar surface area (TPSA) is 79.3 Å². The van der Waals surface area contributed by atoms with Crippen LogP contribution in [0.25, 0.3) is 0 Å². The molecule has 22 heavy (non-hydrogen) atoms. The minimum absolute atomic E-state index is 0.0213. The van der Waals surface area contributed by atoms with Gasteiger partial charge in [-0.05, 0) is 17.7 Å². The Labute approximate surface area is 128 Å². The van der Waals surface area contributed by atoms with Crippen molar-refractivity contribution in [1.82, 2.24) is 0 Å². The van der Waals surface area contributed by atoms with Crippen molar-refractivity contribution >= 4 is 11.6 Å². The summed E-state index contributed by atoms with van der Waals surface area (Å²) in [6.07, 6.45) is -0.731. The average molecular weight is 293 g/mol. The molecule has 0 fully saturated rings. The molecule has 5 nitrogen and oxygen atoms in total. The van der Waals surface area contributed by atoms with E-state index in [2.05, 4.69) is 0 Å². The summed E-state index contributed by atoms with van der Waals surface area (Å²) in [6, 6.07) is 16.8. The van der Waals surface area contributed by atoms with Gasteiger partial charge in [-0.2, -0.15) is 5.26 Å². The first-order valence-electron chi connectivity index (χ1n) is 6.97. The van der Waals surface area contributed by atoms with E-state index in [1.165, 1.54) is 4.90 Å². The number of nitriles is 1. The van der Waals surface area contributed by atoms with Gasteiger partial charge in [0.1, 0.15) is 12.3 Å². The average Bonchev–Trinajstić information content (AvgIpc) is 2.57. The molecule has 3 rings (SSSR count). The summed E-state index contributed by atoms with van der Waals surface area (Å²) in [5.41, 5.74) is 7.90. The van der Waals surface area contributed by atoms with Crippen LogP contribution in [0.4, 0.5) is 5.69 Å². The number of ether oxygens (including phenoxy) is 1. The maximum Gasteiger partial charge on any atom is 0.273 e. The van der Waals surface area contributed by atoms with Crippen molar-refractivity contribution in [3.05, 3.63) is 59.7 Å². The standard InChI is InChI=1S/C17H15N3O2/c18-8-9-20-14-10-12(11-19)6-7-15(14)22-16(17(20)21)13-4-2-1-3-5-13/h1-7,10,16H,9,11,19H2. The molecular formula is C17H15N3O2. The van der Waals surface area contributed by atoms with Crippen molar-refractivity contribution in [1.29, 1.82) is 5.26 Å². The van der Waals surface area contributed by atoms with E-state index < -0.39 is 6.10 Å². The molecule has 1 aliphatic rings.